The van der Waals surface area contributed by atoms with E-state index in [0.29, 0.717) is 10.8 Å². The number of hydrogen-bond donors (Lipinski definition) is 5. The van der Waals surface area contributed by atoms with Gasteiger partial charge in [-0.15, -0.1) is 5.10 Å². The van der Waals surface area contributed by atoms with Gasteiger partial charge < -0.3 is 39.1 Å². The minimum atomic E-state index is -4.85. The standard InChI is InChI=1S/C19H24Cl2N6O9P2/c1-9(10-5-3-4-6-11(10)20)26(2)16-13-17(23-19(21)22-16)27(25-24-13)18-15(29)14(28)12(36-18)7-35-38(33,34)8-37(30,31)32/h3-6,9,12,14-15,18,28-29H,7-8H2,1-2H3,(H,33,34)(H2,30,31,32)/t9-,12+,14+,15+,18+/m0/s1. The largest absolute Gasteiger partial charge is 0.387 e. The number of aliphatic hydroxyl groups excluding tert-OH is 2. The van der Waals surface area contributed by atoms with Crippen LogP contribution in [-0.4, -0.2) is 87.7 Å². The first-order valence-corrected chi connectivity index (χ1v) is 15.3. The molecule has 4 rings (SSSR count). The molecule has 0 aliphatic carbocycles. The summed E-state index contributed by atoms with van der Waals surface area (Å²) in [7, 11) is -7.83. The van der Waals surface area contributed by atoms with Gasteiger partial charge in [0.25, 0.3) is 0 Å². The highest BCUT2D eigenvalue weighted by atomic mass is 35.5. The van der Waals surface area contributed by atoms with Crippen LogP contribution in [0.4, 0.5) is 5.82 Å². The number of aromatic nitrogens is 5. The van der Waals surface area contributed by atoms with E-state index in [2.05, 4.69) is 20.3 Å². The SMILES string of the molecule is C[C@@H](c1ccccc1Cl)N(C)c1nc(Cl)nc2c1nnn2[C@@H]1O[C@H](COP(=O)(O)CP(=O)(O)O)[C@@H](O)[C@H]1O. The van der Waals surface area contributed by atoms with Crippen LogP contribution >= 0.6 is 38.4 Å². The molecule has 1 unspecified atom stereocenters. The molecule has 208 valence electrons. The van der Waals surface area contributed by atoms with Gasteiger partial charge >= 0.3 is 15.2 Å². The first-order chi connectivity index (χ1) is 17.7. The maximum atomic E-state index is 11.9. The van der Waals surface area contributed by atoms with Crippen LogP contribution in [0.5, 0.6) is 0 Å². The van der Waals surface area contributed by atoms with Crippen LogP contribution in [0.3, 0.4) is 0 Å². The highest BCUT2D eigenvalue weighted by molar-refractivity contribution is 7.70. The summed E-state index contributed by atoms with van der Waals surface area (Å²) in [6.07, 6.45) is -5.95. The number of ether oxygens (including phenoxy) is 1. The Hall–Kier alpha value is -1.74. The van der Waals surface area contributed by atoms with Crippen molar-refractivity contribution in [2.24, 2.45) is 0 Å². The minimum absolute atomic E-state index is 0.0605. The zero-order valence-corrected chi connectivity index (χ0v) is 23.1. The average Bonchev–Trinajstić information content (AvgIpc) is 3.35. The van der Waals surface area contributed by atoms with E-state index >= 15 is 0 Å². The van der Waals surface area contributed by atoms with Crippen molar-refractivity contribution < 1.29 is 43.3 Å². The van der Waals surface area contributed by atoms with E-state index in [0.717, 1.165) is 10.2 Å². The van der Waals surface area contributed by atoms with Gasteiger partial charge in [-0.1, -0.05) is 35.0 Å². The normalized spacial score (nSPS) is 24.4. The van der Waals surface area contributed by atoms with Crippen molar-refractivity contribution in [3.05, 3.63) is 40.1 Å². The Labute approximate surface area is 225 Å². The van der Waals surface area contributed by atoms with E-state index in [-0.39, 0.29) is 22.5 Å². The summed E-state index contributed by atoms with van der Waals surface area (Å²) < 4.78 is 34.4. The predicted octanol–water partition coefficient (Wildman–Crippen LogP) is 1.68. The maximum absolute atomic E-state index is 11.9. The summed E-state index contributed by atoms with van der Waals surface area (Å²) in [5, 5.41) is 29.5. The van der Waals surface area contributed by atoms with Crippen molar-refractivity contribution >= 4 is 55.4 Å². The Morgan fingerprint density at radius 1 is 1.16 bits per heavy atom. The number of nitrogens with zero attached hydrogens (tertiary/aromatic N) is 6. The number of rotatable bonds is 9. The summed E-state index contributed by atoms with van der Waals surface area (Å²) in [5.74, 6) is -1.12. The van der Waals surface area contributed by atoms with Crippen LogP contribution in [-0.2, 0) is 18.4 Å². The van der Waals surface area contributed by atoms with Gasteiger partial charge in [0, 0.05) is 12.1 Å². The number of benzene rings is 1. The lowest BCUT2D eigenvalue weighted by Crippen LogP contribution is -2.33. The smallest absolute Gasteiger partial charge is 0.340 e. The second-order valence-corrected chi connectivity index (χ2v) is 13.4. The molecular weight excluding hydrogens is 589 g/mol. The molecule has 2 aromatic heterocycles. The molecule has 5 N–H and O–H groups in total. The van der Waals surface area contributed by atoms with Gasteiger partial charge in [-0.05, 0) is 30.2 Å². The van der Waals surface area contributed by atoms with Crippen molar-refractivity contribution in [2.75, 3.05) is 24.5 Å². The Bertz CT molecular complexity index is 1420. The van der Waals surface area contributed by atoms with Crippen molar-refractivity contribution in [3.8, 4) is 0 Å². The molecule has 3 heterocycles. The zero-order valence-electron chi connectivity index (χ0n) is 19.8. The maximum Gasteiger partial charge on any atom is 0.340 e. The molecule has 3 aromatic rings. The Balaban J connectivity index is 1.60. The monoisotopic (exact) mass is 612 g/mol. The number of hydrogen-bond acceptors (Lipinski definition) is 11. The van der Waals surface area contributed by atoms with Crippen molar-refractivity contribution in [3.63, 3.8) is 0 Å². The van der Waals surface area contributed by atoms with Crippen molar-refractivity contribution in [1.82, 2.24) is 25.0 Å². The fraction of sp³-hybridized carbons (Fsp3) is 0.474. The van der Waals surface area contributed by atoms with Crippen LogP contribution in [0, 0.1) is 0 Å². The van der Waals surface area contributed by atoms with Crippen molar-refractivity contribution in [2.45, 2.75) is 37.5 Å². The van der Waals surface area contributed by atoms with Gasteiger partial charge in [0.1, 0.15) is 18.3 Å². The lowest BCUT2D eigenvalue weighted by atomic mass is 10.1. The number of aliphatic hydroxyl groups is 2. The molecule has 1 aromatic carbocycles. The van der Waals surface area contributed by atoms with E-state index in [4.69, 9.17) is 42.2 Å². The van der Waals surface area contributed by atoms with Gasteiger partial charge in [-0.2, -0.15) is 14.6 Å². The van der Waals surface area contributed by atoms with E-state index in [1.807, 2.05) is 19.1 Å². The third kappa shape index (κ3) is 6.19. The molecule has 1 aliphatic heterocycles. The average molecular weight is 613 g/mol. The quantitative estimate of drug-likeness (QED) is 0.172. The lowest BCUT2D eigenvalue weighted by molar-refractivity contribution is -0.0549. The van der Waals surface area contributed by atoms with Crippen LogP contribution in [0.1, 0.15) is 24.8 Å². The topological polar surface area (TPSA) is 213 Å². The second-order valence-electron chi connectivity index (χ2n) is 8.62. The number of fused-ring (bicyclic) bond motifs is 1. The highest BCUT2D eigenvalue weighted by Crippen LogP contribution is 2.55. The van der Waals surface area contributed by atoms with Gasteiger partial charge in [0.2, 0.25) is 5.28 Å². The molecule has 0 radical (unpaired) electrons. The van der Waals surface area contributed by atoms with Gasteiger partial charge in [-0.25, -0.2) is 0 Å². The van der Waals surface area contributed by atoms with E-state index in [9.17, 15) is 24.2 Å². The van der Waals surface area contributed by atoms with Crippen molar-refractivity contribution in [1.29, 1.82) is 0 Å². The summed E-state index contributed by atoms with van der Waals surface area (Å²) in [6, 6.07) is 6.99. The van der Waals surface area contributed by atoms with Crippen LogP contribution in [0.2, 0.25) is 10.3 Å². The zero-order chi connectivity index (χ0) is 28.0. The predicted molar refractivity (Wildman–Crippen MR) is 135 cm³/mol. The first-order valence-electron chi connectivity index (χ1n) is 11.0. The highest BCUT2D eigenvalue weighted by Gasteiger charge is 2.46. The molecule has 0 amide bonds. The number of halogens is 2. The summed E-state index contributed by atoms with van der Waals surface area (Å²) >= 11 is 12.5. The molecule has 0 spiro atoms. The van der Waals surface area contributed by atoms with Gasteiger partial charge in [0.15, 0.2) is 29.1 Å². The fourth-order valence-corrected chi connectivity index (χ4v) is 6.97. The molecule has 1 fully saturated rings. The summed E-state index contributed by atoms with van der Waals surface area (Å²) in [5.41, 5.74) is 1.07. The lowest BCUT2D eigenvalue weighted by Gasteiger charge is -2.27. The Kier molecular flexibility index (Phi) is 8.49. The molecule has 38 heavy (non-hydrogen) atoms. The van der Waals surface area contributed by atoms with Crippen LogP contribution in [0.25, 0.3) is 11.2 Å². The van der Waals surface area contributed by atoms with Gasteiger partial charge in [-0.3, -0.25) is 9.13 Å². The fourth-order valence-electron chi connectivity index (χ4n) is 3.95. The molecule has 19 heteroatoms. The Morgan fingerprint density at radius 3 is 2.50 bits per heavy atom. The van der Waals surface area contributed by atoms with E-state index < -0.39 is 52.2 Å². The third-order valence-corrected chi connectivity index (χ3v) is 9.90. The molecule has 1 saturated heterocycles. The minimum Gasteiger partial charge on any atom is -0.387 e. The van der Waals surface area contributed by atoms with E-state index in [1.165, 1.54) is 0 Å². The molecule has 0 bridgehead atoms. The second kappa shape index (κ2) is 11.0. The summed E-state index contributed by atoms with van der Waals surface area (Å²) in [4.78, 5) is 37.7. The molecule has 15 nitrogen and oxygen atoms in total. The molecule has 1 aliphatic rings. The van der Waals surface area contributed by atoms with Gasteiger partial charge in [0.05, 0.1) is 12.6 Å². The Morgan fingerprint density at radius 2 is 1.84 bits per heavy atom. The van der Waals surface area contributed by atoms with E-state index in [1.54, 1.807) is 24.1 Å². The third-order valence-electron chi connectivity index (χ3n) is 5.93. The number of anilines is 1. The van der Waals surface area contributed by atoms with Crippen LogP contribution < -0.4 is 4.90 Å². The molecule has 6 atom stereocenters. The first kappa shape index (κ1) is 29.2. The summed E-state index contributed by atoms with van der Waals surface area (Å²) in [6.45, 7) is 1.14. The van der Waals surface area contributed by atoms with Crippen LogP contribution in [0.15, 0.2) is 24.3 Å². The molecular formula is C19H24Cl2N6O9P2. The molecule has 0 saturated carbocycles.